The first-order valence-corrected chi connectivity index (χ1v) is 9.62. The first-order valence-electron chi connectivity index (χ1n) is 9.62. The summed E-state index contributed by atoms with van der Waals surface area (Å²) in [6.45, 7) is 4.55. The number of allylic oxidation sites excluding steroid dienone is 1. The monoisotopic (exact) mass is 328 g/mol. The number of hydrogen-bond donors (Lipinski definition) is 0. The van der Waals surface area contributed by atoms with Gasteiger partial charge in [-0.05, 0) is 31.4 Å². The number of unbranched alkanes of at least 4 members (excludes halogenated alkanes) is 1. The highest BCUT2D eigenvalue weighted by Crippen LogP contribution is 2.25. The lowest BCUT2D eigenvalue weighted by atomic mass is 9.49. The Bertz CT molecular complexity index is 834. The summed E-state index contributed by atoms with van der Waals surface area (Å²) >= 11 is 0. The molecule has 25 heavy (non-hydrogen) atoms. The highest BCUT2D eigenvalue weighted by molar-refractivity contribution is 6.98. The molecule has 3 rings (SSSR count). The van der Waals surface area contributed by atoms with E-state index in [2.05, 4.69) is 81.8 Å². The second-order valence-electron chi connectivity index (χ2n) is 7.06. The molecular formula is C22H28B2N+. The molecule has 0 radical (unpaired) electrons. The van der Waals surface area contributed by atoms with Crippen molar-refractivity contribution < 1.29 is 4.58 Å². The zero-order valence-electron chi connectivity index (χ0n) is 16.1. The van der Waals surface area contributed by atoms with E-state index >= 15 is 0 Å². The van der Waals surface area contributed by atoms with E-state index in [4.69, 9.17) is 0 Å². The number of para-hydroxylation sites is 1. The van der Waals surface area contributed by atoms with Gasteiger partial charge in [-0.15, -0.1) is 0 Å². The maximum absolute atomic E-state index is 2.35. The standard InChI is InChI=1S/C22H28B2N/c1-4-5-8-18-12-11-17(16(2)22(18)24-23)13-14-20-15-19-9-6-7-10-21(19)25(20)3/h6-7,9-14,24H,4-5,8,15,23H2,1-3H3/q+1/b14-13+. The van der Waals surface area contributed by atoms with Crippen molar-refractivity contribution in [2.45, 2.75) is 39.5 Å². The van der Waals surface area contributed by atoms with E-state index in [1.54, 1.807) is 5.46 Å². The lowest BCUT2D eigenvalue weighted by Gasteiger charge is -2.13. The second kappa shape index (κ2) is 7.91. The van der Waals surface area contributed by atoms with Crippen LogP contribution >= 0.6 is 0 Å². The van der Waals surface area contributed by atoms with Crippen molar-refractivity contribution in [3.05, 3.63) is 64.7 Å². The van der Waals surface area contributed by atoms with E-state index < -0.39 is 0 Å². The third-order valence-electron chi connectivity index (χ3n) is 5.50. The Kier molecular flexibility index (Phi) is 5.63. The Labute approximate surface area is 154 Å². The lowest BCUT2D eigenvalue weighted by molar-refractivity contribution is -0.400. The largest absolute Gasteiger partial charge is 0.208 e. The average molecular weight is 328 g/mol. The minimum Gasteiger partial charge on any atom is -0.198 e. The first-order chi connectivity index (χ1) is 12.2. The Balaban J connectivity index is 1.86. The van der Waals surface area contributed by atoms with Gasteiger partial charge < -0.3 is 0 Å². The van der Waals surface area contributed by atoms with Crippen LogP contribution in [0.3, 0.4) is 0 Å². The lowest BCUT2D eigenvalue weighted by Crippen LogP contribution is -2.24. The van der Waals surface area contributed by atoms with Crippen LogP contribution in [0.4, 0.5) is 5.69 Å². The zero-order valence-corrected chi connectivity index (χ0v) is 16.1. The van der Waals surface area contributed by atoms with Gasteiger partial charge in [-0.25, -0.2) is 0 Å². The van der Waals surface area contributed by atoms with Gasteiger partial charge in [0.15, 0.2) is 5.71 Å². The zero-order chi connectivity index (χ0) is 17.8. The van der Waals surface area contributed by atoms with E-state index in [-0.39, 0.29) is 0 Å². The Hall–Kier alpha value is -2.02. The number of benzene rings is 2. The van der Waals surface area contributed by atoms with E-state index in [9.17, 15) is 0 Å². The van der Waals surface area contributed by atoms with Gasteiger partial charge in [0.05, 0.1) is 14.2 Å². The smallest absolute Gasteiger partial charge is 0.198 e. The van der Waals surface area contributed by atoms with E-state index in [1.165, 1.54) is 52.9 Å². The molecule has 1 nitrogen and oxygen atoms in total. The molecule has 0 saturated heterocycles. The SMILES string of the molecule is BBc1c(CCCC)ccc(/C=C/C2=[N+](C)c3ccccc3C2)c1C. The normalized spacial score (nSPS) is 13.6. The molecule has 126 valence electrons. The molecule has 1 aliphatic heterocycles. The van der Waals surface area contributed by atoms with Crippen molar-refractivity contribution in [3.8, 4) is 0 Å². The molecule has 0 bridgehead atoms. The molecule has 0 spiro atoms. The van der Waals surface area contributed by atoms with Crippen LogP contribution in [0.15, 0.2) is 42.5 Å². The summed E-state index contributed by atoms with van der Waals surface area (Å²) < 4.78 is 2.32. The molecule has 0 atom stereocenters. The molecule has 2 aromatic rings. The third-order valence-corrected chi connectivity index (χ3v) is 5.50. The van der Waals surface area contributed by atoms with Crippen LogP contribution in [0.1, 0.15) is 42.0 Å². The summed E-state index contributed by atoms with van der Waals surface area (Å²) in [5.74, 6) is 0. The van der Waals surface area contributed by atoms with Gasteiger partial charge in [0.2, 0.25) is 5.69 Å². The van der Waals surface area contributed by atoms with Crippen LogP contribution in [0.5, 0.6) is 0 Å². The predicted molar refractivity (Wildman–Crippen MR) is 115 cm³/mol. The first kappa shape index (κ1) is 17.8. The number of hydrogen-bond acceptors (Lipinski definition) is 0. The van der Waals surface area contributed by atoms with Gasteiger partial charge in [-0.3, -0.25) is 0 Å². The summed E-state index contributed by atoms with van der Waals surface area (Å²) in [5, 5.41) is 0. The highest BCUT2D eigenvalue weighted by atomic mass is 15.0. The van der Waals surface area contributed by atoms with Crippen LogP contribution in [0, 0.1) is 6.92 Å². The molecular weight excluding hydrogens is 300 g/mol. The predicted octanol–water partition coefficient (Wildman–Crippen LogP) is 2.93. The van der Waals surface area contributed by atoms with Crippen molar-refractivity contribution in [2.75, 3.05) is 7.05 Å². The second-order valence-corrected chi connectivity index (χ2v) is 7.06. The van der Waals surface area contributed by atoms with Crippen molar-refractivity contribution in [1.82, 2.24) is 0 Å². The van der Waals surface area contributed by atoms with Gasteiger partial charge in [-0.1, -0.05) is 60.3 Å². The van der Waals surface area contributed by atoms with Crippen molar-refractivity contribution >= 4 is 37.8 Å². The Morgan fingerprint density at radius 3 is 2.68 bits per heavy atom. The molecule has 0 unspecified atom stereocenters. The minimum absolute atomic E-state index is 1.03. The summed E-state index contributed by atoms with van der Waals surface area (Å²) in [5.41, 5.74) is 10.0. The molecule has 2 aromatic carbocycles. The molecule has 1 aliphatic rings. The van der Waals surface area contributed by atoms with Crippen LogP contribution in [-0.2, 0) is 12.8 Å². The molecule has 0 aromatic heterocycles. The summed E-state index contributed by atoms with van der Waals surface area (Å²) in [6, 6.07) is 13.3. The highest BCUT2D eigenvalue weighted by Gasteiger charge is 2.24. The van der Waals surface area contributed by atoms with E-state index in [0.717, 1.165) is 13.6 Å². The number of aryl methyl sites for hydroxylation is 1. The Morgan fingerprint density at radius 1 is 1.16 bits per heavy atom. The molecule has 0 N–H and O–H groups in total. The quantitative estimate of drug-likeness (QED) is 0.567. The molecule has 0 saturated carbocycles. The van der Waals surface area contributed by atoms with Crippen LogP contribution < -0.4 is 5.46 Å². The summed E-state index contributed by atoms with van der Waals surface area (Å²) in [7, 11) is 5.57. The summed E-state index contributed by atoms with van der Waals surface area (Å²) in [6.07, 6.45) is 9.37. The molecule has 0 amide bonds. The van der Waals surface area contributed by atoms with Gasteiger partial charge in [0.1, 0.15) is 14.2 Å². The van der Waals surface area contributed by atoms with Gasteiger partial charge in [-0.2, -0.15) is 4.58 Å². The van der Waals surface area contributed by atoms with E-state index in [0.29, 0.717) is 0 Å². The topological polar surface area (TPSA) is 3.01 Å². The van der Waals surface area contributed by atoms with Crippen LogP contribution in [0.25, 0.3) is 6.08 Å². The van der Waals surface area contributed by atoms with Crippen LogP contribution in [-0.4, -0.2) is 32.2 Å². The van der Waals surface area contributed by atoms with Crippen LogP contribution in [0.2, 0.25) is 0 Å². The van der Waals surface area contributed by atoms with Gasteiger partial charge in [0.25, 0.3) is 0 Å². The molecule has 0 aliphatic carbocycles. The number of rotatable bonds is 6. The van der Waals surface area contributed by atoms with Crippen molar-refractivity contribution in [1.29, 1.82) is 0 Å². The van der Waals surface area contributed by atoms with Crippen molar-refractivity contribution in [3.63, 3.8) is 0 Å². The average Bonchev–Trinajstić information content (AvgIpc) is 2.95. The number of nitrogens with zero attached hydrogens (tertiary/aromatic N) is 1. The summed E-state index contributed by atoms with van der Waals surface area (Å²) in [4.78, 5) is 0. The molecule has 3 heteroatoms. The third kappa shape index (κ3) is 3.66. The fourth-order valence-electron chi connectivity index (χ4n) is 3.92. The maximum Gasteiger partial charge on any atom is 0.208 e. The molecule has 1 heterocycles. The minimum atomic E-state index is 1.03. The fourth-order valence-corrected chi connectivity index (χ4v) is 3.92. The maximum atomic E-state index is 2.35. The fraction of sp³-hybridized carbons (Fsp3) is 0.318. The number of fused-ring (bicyclic) bond motifs is 1. The van der Waals surface area contributed by atoms with Crippen molar-refractivity contribution in [2.24, 2.45) is 0 Å². The Morgan fingerprint density at radius 2 is 1.96 bits per heavy atom. The van der Waals surface area contributed by atoms with Gasteiger partial charge in [0, 0.05) is 17.7 Å². The molecule has 0 fully saturated rings. The van der Waals surface area contributed by atoms with E-state index in [1.807, 2.05) is 0 Å². The van der Waals surface area contributed by atoms with Gasteiger partial charge >= 0.3 is 0 Å².